The fourth-order valence-corrected chi connectivity index (χ4v) is 2.31. The Morgan fingerprint density at radius 1 is 1.38 bits per heavy atom. The molecular formula is C16H27N3O2. The van der Waals surface area contributed by atoms with Crippen molar-refractivity contribution in [1.82, 2.24) is 10.2 Å². The third kappa shape index (κ3) is 5.63. The van der Waals surface area contributed by atoms with Gasteiger partial charge < -0.3 is 20.7 Å². The van der Waals surface area contributed by atoms with Gasteiger partial charge >= 0.3 is 0 Å². The molecule has 5 nitrogen and oxygen atoms in total. The highest BCUT2D eigenvalue weighted by molar-refractivity contribution is 5.95. The first kappa shape index (κ1) is 17.3. The third-order valence-electron chi connectivity index (χ3n) is 3.17. The molecule has 1 unspecified atom stereocenters. The van der Waals surface area contributed by atoms with Crippen molar-refractivity contribution in [3.05, 3.63) is 23.8 Å². The van der Waals surface area contributed by atoms with E-state index in [0.29, 0.717) is 22.9 Å². The molecule has 0 spiro atoms. The van der Waals surface area contributed by atoms with E-state index in [4.69, 9.17) is 10.5 Å². The van der Waals surface area contributed by atoms with Gasteiger partial charge in [-0.05, 0) is 44.6 Å². The van der Waals surface area contributed by atoms with Crippen molar-refractivity contribution in [3.63, 3.8) is 0 Å². The lowest BCUT2D eigenvalue weighted by Gasteiger charge is -2.24. The van der Waals surface area contributed by atoms with E-state index in [1.54, 1.807) is 25.3 Å². The van der Waals surface area contributed by atoms with Crippen LogP contribution in [0.1, 0.15) is 30.6 Å². The first-order valence-electron chi connectivity index (χ1n) is 7.22. The Labute approximate surface area is 127 Å². The van der Waals surface area contributed by atoms with Gasteiger partial charge in [0.25, 0.3) is 5.91 Å². The number of rotatable bonds is 7. The van der Waals surface area contributed by atoms with Crippen LogP contribution in [0.5, 0.6) is 5.75 Å². The van der Waals surface area contributed by atoms with E-state index in [0.717, 1.165) is 13.0 Å². The quantitative estimate of drug-likeness (QED) is 0.754. The molecular weight excluding hydrogens is 266 g/mol. The highest BCUT2D eigenvalue weighted by Gasteiger charge is 2.17. The van der Waals surface area contributed by atoms with Crippen LogP contribution in [-0.4, -0.2) is 44.6 Å². The van der Waals surface area contributed by atoms with Crippen LogP contribution in [0.25, 0.3) is 0 Å². The SMILES string of the molecule is COc1cc(C(=O)NC(CC(C)C)CN(C)C)ccc1N. The van der Waals surface area contributed by atoms with Crippen LogP contribution in [0.2, 0.25) is 0 Å². The van der Waals surface area contributed by atoms with E-state index in [2.05, 4.69) is 24.1 Å². The number of methoxy groups -OCH3 is 1. The number of ether oxygens (including phenoxy) is 1. The van der Waals surface area contributed by atoms with Crippen LogP contribution < -0.4 is 15.8 Å². The topological polar surface area (TPSA) is 67.6 Å². The molecule has 21 heavy (non-hydrogen) atoms. The van der Waals surface area contributed by atoms with Crippen molar-refractivity contribution in [1.29, 1.82) is 0 Å². The van der Waals surface area contributed by atoms with Crippen LogP contribution >= 0.6 is 0 Å². The van der Waals surface area contributed by atoms with Gasteiger partial charge in [-0.3, -0.25) is 4.79 Å². The molecule has 0 saturated carbocycles. The first-order chi connectivity index (χ1) is 9.83. The lowest BCUT2D eigenvalue weighted by Crippen LogP contribution is -2.42. The number of amides is 1. The smallest absolute Gasteiger partial charge is 0.251 e. The molecule has 3 N–H and O–H groups in total. The first-order valence-corrected chi connectivity index (χ1v) is 7.22. The molecule has 0 aromatic heterocycles. The van der Waals surface area contributed by atoms with Gasteiger partial charge in [-0.25, -0.2) is 0 Å². The molecule has 118 valence electrons. The van der Waals surface area contributed by atoms with E-state index in [9.17, 15) is 4.79 Å². The number of carbonyl (C=O) groups is 1. The van der Waals surface area contributed by atoms with Crippen molar-refractivity contribution in [3.8, 4) is 5.75 Å². The van der Waals surface area contributed by atoms with Gasteiger partial charge in [0.2, 0.25) is 0 Å². The summed E-state index contributed by atoms with van der Waals surface area (Å²) in [6.45, 7) is 5.12. The van der Waals surface area contributed by atoms with E-state index in [1.807, 2.05) is 14.1 Å². The predicted molar refractivity (Wildman–Crippen MR) is 86.7 cm³/mol. The predicted octanol–water partition coefficient (Wildman–Crippen LogP) is 1.98. The summed E-state index contributed by atoms with van der Waals surface area (Å²) in [5.74, 6) is 0.952. The normalized spacial score (nSPS) is 12.5. The highest BCUT2D eigenvalue weighted by Crippen LogP contribution is 2.22. The zero-order chi connectivity index (χ0) is 16.0. The zero-order valence-electron chi connectivity index (χ0n) is 13.6. The molecule has 0 fully saturated rings. The number of nitrogens with one attached hydrogen (secondary N) is 1. The third-order valence-corrected chi connectivity index (χ3v) is 3.17. The second kappa shape index (κ2) is 7.88. The van der Waals surface area contributed by atoms with Crippen molar-refractivity contribution in [2.75, 3.05) is 33.5 Å². The standard InChI is InChI=1S/C16H27N3O2/c1-11(2)8-13(10-19(3)4)18-16(20)12-6-7-14(17)15(9-12)21-5/h6-7,9,11,13H,8,10,17H2,1-5H3,(H,18,20). The minimum absolute atomic E-state index is 0.0965. The molecule has 1 atom stereocenters. The molecule has 1 amide bonds. The molecule has 1 aromatic carbocycles. The van der Waals surface area contributed by atoms with Crippen LogP contribution in [-0.2, 0) is 0 Å². The van der Waals surface area contributed by atoms with Gasteiger partial charge in [0.05, 0.1) is 12.8 Å². The Morgan fingerprint density at radius 3 is 2.57 bits per heavy atom. The van der Waals surface area contributed by atoms with Crippen LogP contribution in [0, 0.1) is 5.92 Å². The van der Waals surface area contributed by atoms with E-state index in [-0.39, 0.29) is 11.9 Å². The zero-order valence-corrected chi connectivity index (χ0v) is 13.6. The maximum Gasteiger partial charge on any atom is 0.251 e. The molecule has 5 heteroatoms. The summed E-state index contributed by atoms with van der Waals surface area (Å²) in [6, 6.07) is 5.20. The highest BCUT2D eigenvalue weighted by atomic mass is 16.5. The number of nitrogen functional groups attached to an aromatic ring is 1. The fourth-order valence-electron chi connectivity index (χ4n) is 2.31. The molecule has 0 radical (unpaired) electrons. The van der Waals surface area contributed by atoms with Gasteiger partial charge in [-0.15, -0.1) is 0 Å². The number of likely N-dealkylation sites (N-methyl/N-ethyl adjacent to an activating group) is 1. The van der Waals surface area contributed by atoms with Crippen LogP contribution in [0.4, 0.5) is 5.69 Å². The molecule has 0 aliphatic heterocycles. The summed E-state index contributed by atoms with van der Waals surface area (Å²) in [5.41, 5.74) is 6.86. The van der Waals surface area contributed by atoms with E-state index in [1.165, 1.54) is 0 Å². The van der Waals surface area contributed by atoms with Crippen LogP contribution in [0.15, 0.2) is 18.2 Å². The molecule has 0 aliphatic rings. The molecule has 0 saturated heterocycles. The Bertz CT molecular complexity index is 463. The van der Waals surface area contributed by atoms with Gasteiger partial charge in [0.1, 0.15) is 5.75 Å². The Hall–Kier alpha value is -1.75. The largest absolute Gasteiger partial charge is 0.495 e. The van der Waals surface area contributed by atoms with Crippen molar-refractivity contribution < 1.29 is 9.53 Å². The molecule has 0 heterocycles. The summed E-state index contributed by atoms with van der Waals surface area (Å²) in [5, 5.41) is 3.09. The van der Waals surface area contributed by atoms with Gasteiger partial charge in [0, 0.05) is 18.2 Å². The van der Waals surface area contributed by atoms with Crippen molar-refractivity contribution in [2.24, 2.45) is 5.92 Å². The van der Waals surface area contributed by atoms with Crippen LogP contribution in [0.3, 0.4) is 0 Å². The molecule has 1 rings (SSSR count). The van der Waals surface area contributed by atoms with Gasteiger partial charge in [-0.2, -0.15) is 0 Å². The number of nitrogens with zero attached hydrogens (tertiary/aromatic N) is 1. The Morgan fingerprint density at radius 2 is 2.05 bits per heavy atom. The maximum atomic E-state index is 12.4. The van der Waals surface area contributed by atoms with Gasteiger partial charge in [0.15, 0.2) is 0 Å². The minimum Gasteiger partial charge on any atom is -0.495 e. The summed E-state index contributed by atoms with van der Waals surface area (Å²) >= 11 is 0. The summed E-state index contributed by atoms with van der Waals surface area (Å²) in [4.78, 5) is 14.5. The Balaban J connectivity index is 2.80. The van der Waals surface area contributed by atoms with E-state index >= 15 is 0 Å². The number of anilines is 1. The average Bonchev–Trinajstić information content (AvgIpc) is 2.37. The number of benzene rings is 1. The lowest BCUT2D eigenvalue weighted by molar-refractivity contribution is 0.0924. The fraction of sp³-hybridized carbons (Fsp3) is 0.562. The number of hydrogen-bond donors (Lipinski definition) is 2. The number of hydrogen-bond acceptors (Lipinski definition) is 4. The van der Waals surface area contributed by atoms with Crippen molar-refractivity contribution >= 4 is 11.6 Å². The van der Waals surface area contributed by atoms with E-state index < -0.39 is 0 Å². The number of nitrogens with two attached hydrogens (primary N) is 1. The monoisotopic (exact) mass is 293 g/mol. The second-order valence-electron chi connectivity index (χ2n) is 6.02. The maximum absolute atomic E-state index is 12.4. The molecule has 0 bridgehead atoms. The summed E-state index contributed by atoms with van der Waals surface area (Å²) in [7, 11) is 5.55. The minimum atomic E-state index is -0.0965. The van der Waals surface area contributed by atoms with Crippen molar-refractivity contribution in [2.45, 2.75) is 26.3 Å². The molecule has 1 aromatic rings. The second-order valence-corrected chi connectivity index (χ2v) is 6.02. The average molecular weight is 293 g/mol. The number of carbonyl (C=O) groups excluding carboxylic acids is 1. The summed E-state index contributed by atoms with van der Waals surface area (Å²) in [6.07, 6.45) is 0.941. The Kier molecular flexibility index (Phi) is 6.49. The van der Waals surface area contributed by atoms with Gasteiger partial charge in [-0.1, -0.05) is 13.8 Å². The molecule has 0 aliphatic carbocycles. The summed E-state index contributed by atoms with van der Waals surface area (Å²) < 4.78 is 5.16. The lowest BCUT2D eigenvalue weighted by atomic mass is 10.0.